The second-order valence-electron chi connectivity index (χ2n) is 7.12. The summed E-state index contributed by atoms with van der Waals surface area (Å²) in [4.78, 5) is 0. The number of nitrogens with one attached hydrogen (secondary N) is 2. The van der Waals surface area contributed by atoms with Crippen LogP contribution in [0.2, 0.25) is 0 Å². The lowest BCUT2D eigenvalue weighted by Gasteiger charge is -2.46. The van der Waals surface area contributed by atoms with Gasteiger partial charge in [0.2, 0.25) is 0 Å². The Morgan fingerprint density at radius 1 is 1.07 bits per heavy atom. The molecule has 2 nitrogen and oxygen atoms in total. The van der Waals surface area contributed by atoms with E-state index in [1.807, 2.05) is 0 Å². The molecule has 3 unspecified atom stereocenters. The molecular weight excluding hydrogens is 184 g/mol. The molecule has 0 aromatic rings. The van der Waals surface area contributed by atoms with Gasteiger partial charge in [-0.2, -0.15) is 0 Å². The summed E-state index contributed by atoms with van der Waals surface area (Å²) in [5.74, 6) is 0.630. The van der Waals surface area contributed by atoms with E-state index in [1.165, 1.54) is 0 Å². The van der Waals surface area contributed by atoms with Crippen molar-refractivity contribution in [1.82, 2.24) is 10.9 Å². The number of rotatable bonds is 0. The molecule has 0 aromatic heterocycles. The SMILES string of the molecule is CC(C)(C)C1C2C=CC1(C(C)(C)C)NN2. The highest BCUT2D eigenvalue weighted by Crippen LogP contribution is 2.52. The Morgan fingerprint density at radius 2 is 1.67 bits per heavy atom. The van der Waals surface area contributed by atoms with Crippen molar-refractivity contribution in [2.75, 3.05) is 0 Å². The van der Waals surface area contributed by atoms with Crippen LogP contribution in [-0.4, -0.2) is 11.6 Å². The largest absolute Gasteiger partial charge is 0.250 e. The highest BCUT2D eigenvalue weighted by molar-refractivity contribution is 5.31. The van der Waals surface area contributed by atoms with E-state index in [0.29, 0.717) is 17.4 Å². The molecule has 0 radical (unpaired) electrons. The minimum Gasteiger partial charge on any atom is -0.250 e. The van der Waals surface area contributed by atoms with Crippen molar-refractivity contribution in [3.63, 3.8) is 0 Å². The molecule has 1 saturated heterocycles. The van der Waals surface area contributed by atoms with Crippen molar-refractivity contribution in [3.8, 4) is 0 Å². The van der Waals surface area contributed by atoms with Crippen LogP contribution in [0, 0.1) is 16.7 Å². The summed E-state index contributed by atoms with van der Waals surface area (Å²) in [6, 6.07) is 0.490. The van der Waals surface area contributed by atoms with Gasteiger partial charge >= 0.3 is 0 Å². The minimum atomic E-state index is 0.107. The van der Waals surface area contributed by atoms with Crippen molar-refractivity contribution in [2.45, 2.75) is 53.1 Å². The van der Waals surface area contributed by atoms with E-state index in [4.69, 9.17) is 0 Å². The molecule has 1 heterocycles. The van der Waals surface area contributed by atoms with Crippen molar-refractivity contribution < 1.29 is 0 Å². The maximum Gasteiger partial charge on any atom is 0.0603 e. The monoisotopic (exact) mass is 208 g/mol. The molecule has 1 fully saturated rings. The van der Waals surface area contributed by atoms with Crippen LogP contribution in [-0.2, 0) is 0 Å². The van der Waals surface area contributed by atoms with Crippen molar-refractivity contribution in [2.24, 2.45) is 16.7 Å². The van der Waals surface area contributed by atoms with Gasteiger partial charge in [0.25, 0.3) is 0 Å². The molecular formula is C13H24N2. The fourth-order valence-electron chi connectivity index (χ4n) is 3.33. The van der Waals surface area contributed by atoms with Crippen LogP contribution in [0.5, 0.6) is 0 Å². The average Bonchev–Trinajstić information content (AvgIpc) is 2.55. The average molecular weight is 208 g/mol. The molecule has 2 bridgehead atoms. The minimum absolute atomic E-state index is 0.107. The Hall–Kier alpha value is -0.340. The molecule has 3 atom stereocenters. The van der Waals surface area contributed by atoms with Crippen molar-refractivity contribution in [1.29, 1.82) is 0 Å². The van der Waals surface area contributed by atoms with E-state index in [9.17, 15) is 0 Å². The summed E-state index contributed by atoms with van der Waals surface area (Å²) < 4.78 is 0. The predicted molar refractivity (Wildman–Crippen MR) is 64.3 cm³/mol. The number of hydrogen-bond acceptors (Lipinski definition) is 2. The molecule has 2 aliphatic rings. The first kappa shape index (κ1) is 11.2. The molecule has 2 heteroatoms. The zero-order chi connectivity index (χ0) is 11.5. The Labute approximate surface area is 93.5 Å². The van der Waals surface area contributed by atoms with Gasteiger partial charge in [0.05, 0.1) is 5.54 Å². The molecule has 0 saturated carbocycles. The van der Waals surface area contributed by atoms with Crippen LogP contribution in [0.1, 0.15) is 41.5 Å². The third-order valence-electron chi connectivity index (χ3n) is 4.04. The van der Waals surface area contributed by atoms with Crippen LogP contribution in [0.25, 0.3) is 0 Å². The first-order valence-electron chi connectivity index (χ1n) is 5.90. The molecule has 86 valence electrons. The van der Waals surface area contributed by atoms with Gasteiger partial charge < -0.3 is 0 Å². The molecule has 15 heavy (non-hydrogen) atoms. The zero-order valence-corrected chi connectivity index (χ0v) is 10.8. The van der Waals surface area contributed by atoms with Gasteiger partial charge in [-0.15, -0.1) is 0 Å². The molecule has 1 aliphatic carbocycles. The maximum atomic E-state index is 3.53. The van der Waals surface area contributed by atoms with E-state index in [0.717, 1.165) is 0 Å². The Morgan fingerprint density at radius 3 is 1.93 bits per heavy atom. The zero-order valence-electron chi connectivity index (χ0n) is 10.8. The fraction of sp³-hybridized carbons (Fsp3) is 0.846. The lowest BCUT2D eigenvalue weighted by Crippen LogP contribution is -2.57. The summed E-state index contributed by atoms with van der Waals surface area (Å²) >= 11 is 0. The first-order valence-corrected chi connectivity index (χ1v) is 5.90. The molecule has 1 aliphatic heterocycles. The van der Waals surface area contributed by atoms with Crippen molar-refractivity contribution in [3.05, 3.63) is 12.2 Å². The predicted octanol–water partition coefficient (Wildman–Crippen LogP) is 2.48. The third-order valence-corrected chi connectivity index (χ3v) is 4.04. The quantitative estimate of drug-likeness (QED) is 0.598. The molecule has 2 N–H and O–H groups in total. The van der Waals surface area contributed by atoms with Crippen molar-refractivity contribution >= 4 is 0 Å². The third kappa shape index (κ3) is 1.38. The normalized spacial score (nSPS) is 40.1. The van der Waals surface area contributed by atoms with Crippen LogP contribution < -0.4 is 10.9 Å². The van der Waals surface area contributed by atoms with Gasteiger partial charge in [0, 0.05) is 12.0 Å². The molecule has 0 spiro atoms. The Balaban J connectivity index is 2.43. The van der Waals surface area contributed by atoms with E-state index in [-0.39, 0.29) is 11.0 Å². The molecule has 0 aromatic carbocycles. The van der Waals surface area contributed by atoms with Gasteiger partial charge in [-0.05, 0) is 10.8 Å². The van der Waals surface area contributed by atoms with Crippen LogP contribution in [0.15, 0.2) is 12.2 Å². The van der Waals surface area contributed by atoms with Gasteiger partial charge in [-0.3, -0.25) is 0 Å². The van der Waals surface area contributed by atoms with Crippen LogP contribution in [0.4, 0.5) is 0 Å². The Bertz CT molecular complexity index is 293. The number of fused-ring (bicyclic) bond motifs is 2. The molecule has 2 rings (SSSR count). The van der Waals surface area contributed by atoms with E-state index < -0.39 is 0 Å². The standard InChI is InChI=1S/C13H24N2/c1-11(2,3)10-9-7-8-13(10,15-14-9)12(4,5)6/h7-10,14-15H,1-6H3. The van der Waals surface area contributed by atoms with E-state index >= 15 is 0 Å². The molecule has 0 amide bonds. The van der Waals surface area contributed by atoms with E-state index in [2.05, 4.69) is 64.5 Å². The fourth-order valence-corrected chi connectivity index (χ4v) is 3.33. The summed E-state index contributed by atoms with van der Waals surface area (Å²) in [5, 5.41) is 0. The van der Waals surface area contributed by atoms with Crippen LogP contribution in [0.3, 0.4) is 0 Å². The topological polar surface area (TPSA) is 24.1 Å². The summed E-state index contributed by atoms with van der Waals surface area (Å²) in [7, 11) is 0. The second-order valence-corrected chi connectivity index (χ2v) is 7.12. The maximum absolute atomic E-state index is 3.53. The smallest absolute Gasteiger partial charge is 0.0603 e. The highest BCUT2D eigenvalue weighted by atomic mass is 15.5. The number of hydrogen-bond donors (Lipinski definition) is 2. The van der Waals surface area contributed by atoms with Crippen LogP contribution >= 0.6 is 0 Å². The van der Waals surface area contributed by atoms with Gasteiger partial charge in [-0.1, -0.05) is 53.7 Å². The first-order chi connectivity index (χ1) is 6.68. The second kappa shape index (κ2) is 2.86. The summed E-state index contributed by atoms with van der Waals surface area (Å²) in [6.07, 6.45) is 4.71. The lowest BCUT2D eigenvalue weighted by atomic mass is 9.61. The summed E-state index contributed by atoms with van der Waals surface area (Å²) in [5.41, 5.74) is 7.61. The van der Waals surface area contributed by atoms with Gasteiger partial charge in [0.15, 0.2) is 0 Å². The summed E-state index contributed by atoms with van der Waals surface area (Å²) in [6.45, 7) is 14.0. The van der Waals surface area contributed by atoms with E-state index in [1.54, 1.807) is 0 Å². The number of hydrazine groups is 1. The highest BCUT2D eigenvalue weighted by Gasteiger charge is 2.59. The van der Waals surface area contributed by atoms with Gasteiger partial charge in [-0.25, -0.2) is 10.9 Å². The van der Waals surface area contributed by atoms with Gasteiger partial charge in [0.1, 0.15) is 0 Å². The lowest BCUT2D eigenvalue weighted by molar-refractivity contribution is 0.0903. The Kier molecular flexibility index (Phi) is 2.13.